The second-order valence-electron chi connectivity index (χ2n) is 6.10. The van der Waals surface area contributed by atoms with Crippen molar-refractivity contribution in [3.63, 3.8) is 0 Å². The van der Waals surface area contributed by atoms with E-state index in [1.807, 2.05) is 30.3 Å². The molecule has 0 radical (unpaired) electrons. The Morgan fingerprint density at radius 1 is 1.04 bits per heavy atom. The minimum atomic E-state index is -0.848. The van der Waals surface area contributed by atoms with Crippen LogP contribution in [0.1, 0.15) is 51.5 Å². The largest absolute Gasteiger partial charge is 0.466 e. The fraction of sp³-hybridized carbons (Fsp3) is 0.550. The molecule has 7 heteroatoms. The summed E-state index contributed by atoms with van der Waals surface area (Å²) in [5.41, 5.74) is 0.847. The number of hydrogen-bond donors (Lipinski definition) is 2. The highest BCUT2D eigenvalue weighted by Crippen LogP contribution is 2.04. The highest BCUT2D eigenvalue weighted by atomic mass is 16.5. The highest BCUT2D eigenvalue weighted by molar-refractivity contribution is 5.86. The Hall–Kier alpha value is -2.57. The van der Waals surface area contributed by atoms with Crippen molar-refractivity contribution in [3.05, 3.63) is 35.9 Å². The number of carbonyl (C=O) groups is 3. The van der Waals surface area contributed by atoms with Gasteiger partial charge in [0.25, 0.3) is 0 Å². The van der Waals surface area contributed by atoms with Gasteiger partial charge in [0, 0.05) is 13.0 Å². The Kier molecular flexibility index (Phi) is 11.3. The van der Waals surface area contributed by atoms with E-state index in [1.54, 1.807) is 6.92 Å². The molecule has 1 aromatic rings. The number of hydrogen-bond acceptors (Lipinski definition) is 5. The Morgan fingerprint density at radius 2 is 1.78 bits per heavy atom. The van der Waals surface area contributed by atoms with Crippen molar-refractivity contribution in [2.75, 3.05) is 13.2 Å². The van der Waals surface area contributed by atoms with E-state index in [1.165, 1.54) is 0 Å². The van der Waals surface area contributed by atoms with Crippen LogP contribution in [0.25, 0.3) is 0 Å². The van der Waals surface area contributed by atoms with E-state index >= 15 is 0 Å². The minimum absolute atomic E-state index is 0.0415. The average molecular weight is 378 g/mol. The molecule has 27 heavy (non-hydrogen) atoms. The van der Waals surface area contributed by atoms with Gasteiger partial charge >= 0.3 is 12.1 Å². The molecule has 0 aromatic heterocycles. The van der Waals surface area contributed by atoms with E-state index in [0.717, 1.165) is 24.8 Å². The van der Waals surface area contributed by atoms with Crippen LogP contribution in [0.3, 0.4) is 0 Å². The number of amides is 2. The minimum Gasteiger partial charge on any atom is -0.466 e. The van der Waals surface area contributed by atoms with Crippen LogP contribution in [-0.4, -0.2) is 37.2 Å². The van der Waals surface area contributed by atoms with Gasteiger partial charge in [-0.25, -0.2) is 4.79 Å². The lowest BCUT2D eigenvalue weighted by atomic mass is 10.1. The number of ether oxygens (including phenoxy) is 2. The summed E-state index contributed by atoms with van der Waals surface area (Å²) in [7, 11) is 0. The Balaban J connectivity index is 2.53. The molecule has 0 bridgehead atoms. The van der Waals surface area contributed by atoms with Crippen LogP contribution in [0.15, 0.2) is 30.3 Å². The van der Waals surface area contributed by atoms with E-state index in [4.69, 9.17) is 9.47 Å². The smallest absolute Gasteiger partial charge is 0.408 e. The van der Waals surface area contributed by atoms with E-state index in [2.05, 4.69) is 17.6 Å². The van der Waals surface area contributed by atoms with Crippen molar-refractivity contribution in [1.82, 2.24) is 10.6 Å². The van der Waals surface area contributed by atoms with Gasteiger partial charge in [-0.05, 0) is 25.3 Å². The van der Waals surface area contributed by atoms with Gasteiger partial charge in [-0.1, -0.05) is 50.1 Å². The standard InChI is InChI=1S/C20H30N2O5/c1-3-5-9-14-21-19(24)17(12-13-18(23)26-4-2)22-20(25)27-15-16-10-7-6-8-11-16/h6-8,10-11,17H,3-5,9,12-15H2,1-2H3,(H,21,24)(H,22,25). The van der Waals surface area contributed by atoms with Gasteiger partial charge in [0.1, 0.15) is 12.6 Å². The van der Waals surface area contributed by atoms with Gasteiger partial charge in [0.15, 0.2) is 0 Å². The number of benzene rings is 1. The molecule has 0 aliphatic carbocycles. The normalized spacial score (nSPS) is 11.3. The van der Waals surface area contributed by atoms with Gasteiger partial charge in [-0.2, -0.15) is 0 Å². The van der Waals surface area contributed by atoms with E-state index in [9.17, 15) is 14.4 Å². The second-order valence-corrected chi connectivity index (χ2v) is 6.10. The van der Waals surface area contributed by atoms with E-state index in [0.29, 0.717) is 6.54 Å². The van der Waals surface area contributed by atoms with Crippen molar-refractivity contribution in [3.8, 4) is 0 Å². The Morgan fingerprint density at radius 3 is 2.44 bits per heavy atom. The molecule has 2 N–H and O–H groups in total. The molecule has 0 fully saturated rings. The number of nitrogens with one attached hydrogen (secondary N) is 2. The summed E-state index contributed by atoms with van der Waals surface area (Å²) < 4.78 is 10.0. The Bertz CT molecular complexity index is 577. The molecule has 150 valence electrons. The number of unbranched alkanes of at least 4 members (excludes halogenated alkanes) is 2. The first-order valence-corrected chi connectivity index (χ1v) is 9.47. The van der Waals surface area contributed by atoms with Gasteiger partial charge in [-0.3, -0.25) is 9.59 Å². The van der Waals surface area contributed by atoms with Gasteiger partial charge in [-0.15, -0.1) is 0 Å². The summed E-state index contributed by atoms with van der Waals surface area (Å²) in [4.78, 5) is 36.0. The molecular weight excluding hydrogens is 348 g/mol. The molecule has 0 aliphatic heterocycles. The van der Waals surface area contributed by atoms with Crippen LogP contribution in [0, 0.1) is 0 Å². The quantitative estimate of drug-likeness (QED) is 0.431. The van der Waals surface area contributed by atoms with Crippen molar-refractivity contribution in [2.24, 2.45) is 0 Å². The molecule has 1 atom stereocenters. The van der Waals surface area contributed by atoms with Crippen LogP contribution in [-0.2, 0) is 25.7 Å². The average Bonchev–Trinajstić information content (AvgIpc) is 2.67. The van der Waals surface area contributed by atoms with Crippen molar-refractivity contribution in [1.29, 1.82) is 0 Å². The van der Waals surface area contributed by atoms with Crippen LogP contribution in [0.2, 0.25) is 0 Å². The molecule has 0 heterocycles. The molecular formula is C20H30N2O5. The molecule has 0 spiro atoms. The van der Waals surface area contributed by atoms with Crippen molar-refractivity contribution < 1.29 is 23.9 Å². The first kappa shape index (κ1) is 22.5. The fourth-order valence-corrected chi connectivity index (χ4v) is 2.38. The zero-order chi connectivity index (χ0) is 19.9. The number of esters is 1. The molecule has 2 amide bonds. The summed E-state index contributed by atoms with van der Waals surface area (Å²) in [6, 6.07) is 8.40. The SMILES string of the molecule is CCCCCNC(=O)C(CCC(=O)OCC)NC(=O)OCc1ccccc1. The first-order chi connectivity index (χ1) is 13.1. The monoisotopic (exact) mass is 378 g/mol. The maximum atomic E-state index is 12.4. The van der Waals surface area contributed by atoms with Crippen LogP contribution >= 0.6 is 0 Å². The lowest BCUT2D eigenvalue weighted by molar-refractivity contribution is -0.143. The van der Waals surface area contributed by atoms with Gasteiger partial charge in [0.05, 0.1) is 6.61 Å². The molecule has 1 rings (SSSR count). The zero-order valence-electron chi connectivity index (χ0n) is 16.2. The summed E-state index contributed by atoms with van der Waals surface area (Å²) >= 11 is 0. The fourth-order valence-electron chi connectivity index (χ4n) is 2.38. The molecule has 1 aromatic carbocycles. The second kappa shape index (κ2) is 13.6. The van der Waals surface area contributed by atoms with Crippen molar-refractivity contribution >= 4 is 18.0 Å². The molecule has 0 saturated heterocycles. The third-order valence-electron chi connectivity index (χ3n) is 3.84. The molecule has 0 aliphatic rings. The molecule has 1 unspecified atom stereocenters. The topological polar surface area (TPSA) is 93.7 Å². The number of alkyl carbamates (subject to hydrolysis) is 1. The maximum absolute atomic E-state index is 12.4. The zero-order valence-corrected chi connectivity index (χ0v) is 16.2. The van der Waals surface area contributed by atoms with Crippen LogP contribution < -0.4 is 10.6 Å². The molecule has 0 saturated carbocycles. The number of carbonyl (C=O) groups excluding carboxylic acids is 3. The maximum Gasteiger partial charge on any atom is 0.408 e. The lowest BCUT2D eigenvalue weighted by Gasteiger charge is -2.18. The first-order valence-electron chi connectivity index (χ1n) is 9.47. The summed E-state index contributed by atoms with van der Waals surface area (Å²) in [5.74, 6) is -0.729. The highest BCUT2D eigenvalue weighted by Gasteiger charge is 2.22. The van der Waals surface area contributed by atoms with Crippen molar-refractivity contribution in [2.45, 2.75) is 58.6 Å². The summed E-state index contributed by atoms with van der Waals surface area (Å²) in [6.07, 6.45) is 2.42. The lowest BCUT2D eigenvalue weighted by Crippen LogP contribution is -2.47. The third kappa shape index (κ3) is 10.2. The summed E-state index contributed by atoms with van der Waals surface area (Å²) in [6.45, 7) is 4.71. The molecule has 7 nitrogen and oxygen atoms in total. The predicted octanol–water partition coefficient (Wildman–Crippen LogP) is 2.93. The van der Waals surface area contributed by atoms with Crippen LogP contribution in [0.5, 0.6) is 0 Å². The predicted molar refractivity (Wildman–Crippen MR) is 102 cm³/mol. The Labute approximate surface area is 160 Å². The van der Waals surface area contributed by atoms with Crippen LogP contribution in [0.4, 0.5) is 4.79 Å². The van der Waals surface area contributed by atoms with Gasteiger partial charge in [0.2, 0.25) is 5.91 Å². The number of rotatable bonds is 12. The summed E-state index contributed by atoms with van der Waals surface area (Å²) in [5, 5.41) is 5.34. The third-order valence-corrected chi connectivity index (χ3v) is 3.84. The van der Waals surface area contributed by atoms with E-state index < -0.39 is 18.1 Å². The van der Waals surface area contributed by atoms with Gasteiger partial charge < -0.3 is 20.1 Å². The van der Waals surface area contributed by atoms with E-state index in [-0.39, 0.29) is 32.0 Å².